The van der Waals surface area contributed by atoms with Gasteiger partial charge >= 0.3 is 0 Å². The smallest absolute Gasteiger partial charge is 0.126 e. The van der Waals surface area contributed by atoms with Gasteiger partial charge < -0.3 is 14.6 Å². The summed E-state index contributed by atoms with van der Waals surface area (Å²) in [6, 6.07) is 8.03. The van der Waals surface area contributed by atoms with Crippen molar-refractivity contribution in [3.63, 3.8) is 0 Å². The van der Waals surface area contributed by atoms with Gasteiger partial charge in [-0.25, -0.2) is 9.97 Å². The number of nitrogens with zero attached hydrogens (tertiary/aromatic N) is 3. The molecule has 0 spiro atoms. The molecule has 6 nitrogen and oxygen atoms in total. The summed E-state index contributed by atoms with van der Waals surface area (Å²) in [5.74, 6) is 1.06. The van der Waals surface area contributed by atoms with Crippen LogP contribution < -0.4 is 4.74 Å². The fourth-order valence-electron chi connectivity index (χ4n) is 3.84. The van der Waals surface area contributed by atoms with E-state index in [1.165, 1.54) is 0 Å². The summed E-state index contributed by atoms with van der Waals surface area (Å²) in [7, 11) is 3.30. The zero-order chi connectivity index (χ0) is 20.8. The zero-order valence-corrected chi connectivity index (χ0v) is 18.0. The lowest BCUT2D eigenvalue weighted by atomic mass is 10.0. The fraction of sp³-hybridized carbons (Fsp3) is 0.348. The normalized spacial score (nSPS) is 15.1. The van der Waals surface area contributed by atoms with Crippen molar-refractivity contribution in [2.45, 2.75) is 32.5 Å². The van der Waals surface area contributed by atoms with Crippen molar-refractivity contribution in [3.05, 3.63) is 47.3 Å². The number of aromatic nitrogens is 3. The quantitative estimate of drug-likeness (QED) is 0.481. The Balaban J connectivity index is 1.69. The molecule has 1 fully saturated rings. The molecule has 4 aromatic rings. The van der Waals surface area contributed by atoms with Crippen LogP contribution in [-0.2, 0) is 11.3 Å². The Morgan fingerprint density at radius 3 is 2.70 bits per heavy atom. The van der Waals surface area contributed by atoms with Crippen molar-refractivity contribution >= 4 is 32.6 Å². The number of ether oxygens (including phenoxy) is 2. The summed E-state index contributed by atoms with van der Waals surface area (Å²) in [5, 5.41) is 11.7. The third kappa shape index (κ3) is 3.43. The molecule has 2 heterocycles. The molecular formula is C23H23N3O3S. The number of benzene rings is 2. The summed E-state index contributed by atoms with van der Waals surface area (Å²) < 4.78 is 11.7. The summed E-state index contributed by atoms with van der Waals surface area (Å²) >= 11 is 1.59. The number of thiazole rings is 1. The number of hydrogen-bond acceptors (Lipinski definition) is 7. The van der Waals surface area contributed by atoms with Crippen molar-refractivity contribution in [2.75, 3.05) is 14.2 Å². The predicted octanol–water partition coefficient (Wildman–Crippen LogP) is 4.81. The summed E-state index contributed by atoms with van der Waals surface area (Å²) in [6.45, 7) is 2.47. The topological polar surface area (TPSA) is 77.4 Å². The van der Waals surface area contributed by atoms with E-state index in [-0.39, 0.29) is 0 Å². The van der Waals surface area contributed by atoms with Gasteiger partial charge in [0.2, 0.25) is 0 Å². The van der Waals surface area contributed by atoms with Gasteiger partial charge in [-0.3, -0.25) is 4.98 Å². The number of hydrogen-bond donors (Lipinski definition) is 1. The van der Waals surface area contributed by atoms with Gasteiger partial charge in [-0.05, 0) is 55.5 Å². The van der Waals surface area contributed by atoms with E-state index in [1.807, 2.05) is 25.1 Å². The maximum Gasteiger partial charge on any atom is 0.126 e. The van der Waals surface area contributed by atoms with Crippen molar-refractivity contribution < 1.29 is 14.6 Å². The first kappa shape index (κ1) is 19.4. The van der Waals surface area contributed by atoms with Crippen LogP contribution in [0.15, 0.2) is 30.5 Å². The molecule has 30 heavy (non-hydrogen) atoms. The Hall–Kier alpha value is -2.61. The van der Waals surface area contributed by atoms with E-state index < -0.39 is 6.10 Å². The van der Waals surface area contributed by atoms with Crippen LogP contribution in [-0.4, -0.2) is 34.3 Å². The molecular weight excluding hydrogens is 398 g/mol. The predicted molar refractivity (Wildman–Crippen MR) is 118 cm³/mol. The van der Waals surface area contributed by atoms with Crippen molar-refractivity contribution in [1.29, 1.82) is 0 Å². The maximum atomic E-state index is 10.8. The molecule has 5 rings (SSSR count). The lowest BCUT2D eigenvalue weighted by Gasteiger charge is -2.12. The van der Waals surface area contributed by atoms with E-state index >= 15 is 0 Å². The summed E-state index contributed by atoms with van der Waals surface area (Å²) in [5.41, 5.74) is 6.18. The minimum atomic E-state index is -0.511. The largest absolute Gasteiger partial charge is 0.497 e. The van der Waals surface area contributed by atoms with Crippen LogP contribution in [0.1, 0.15) is 35.8 Å². The molecule has 1 atom stereocenters. The van der Waals surface area contributed by atoms with Crippen LogP contribution in [0.2, 0.25) is 0 Å². The molecule has 0 radical (unpaired) electrons. The van der Waals surface area contributed by atoms with E-state index in [9.17, 15) is 5.11 Å². The number of rotatable bonds is 6. The lowest BCUT2D eigenvalue weighted by Crippen LogP contribution is -2.01. The second kappa shape index (κ2) is 7.58. The SMILES string of the molecule is COCc1cnc2c(-c3nc4c(C(O)C5CC5)cc(OC)cc4s3)cc(C)cc2n1. The van der Waals surface area contributed by atoms with E-state index in [2.05, 4.69) is 11.1 Å². The van der Waals surface area contributed by atoms with E-state index in [0.717, 1.165) is 67.2 Å². The molecule has 1 aliphatic carbocycles. The first-order valence-electron chi connectivity index (χ1n) is 9.99. The van der Waals surface area contributed by atoms with Gasteiger partial charge in [0, 0.05) is 18.2 Å². The molecule has 1 saturated carbocycles. The molecule has 1 N–H and O–H groups in total. The average molecular weight is 422 g/mol. The van der Waals surface area contributed by atoms with Gasteiger partial charge in [0.15, 0.2) is 0 Å². The van der Waals surface area contributed by atoms with Crippen LogP contribution in [0.4, 0.5) is 0 Å². The van der Waals surface area contributed by atoms with Crippen LogP contribution in [0.5, 0.6) is 5.75 Å². The van der Waals surface area contributed by atoms with E-state index in [4.69, 9.17) is 19.4 Å². The van der Waals surface area contributed by atoms with Gasteiger partial charge in [0.05, 0.1) is 53.0 Å². The Labute approximate surface area is 178 Å². The van der Waals surface area contributed by atoms with Crippen LogP contribution in [0.3, 0.4) is 0 Å². The second-order valence-corrected chi connectivity index (χ2v) is 8.87. The molecule has 154 valence electrons. The molecule has 0 aliphatic heterocycles. The Bertz CT molecular complexity index is 1250. The van der Waals surface area contributed by atoms with Gasteiger partial charge in [-0.1, -0.05) is 0 Å². The number of aryl methyl sites for hydroxylation is 1. The van der Waals surface area contributed by atoms with Gasteiger partial charge in [-0.15, -0.1) is 11.3 Å². The van der Waals surface area contributed by atoms with Crippen molar-refractivity contribution in [3.8, 4) is 16.3 Å². The Morgan fingerprint density at radius 1 is 1.13 bits per heavy atom. The van der Waals surface area contributed by atoms with Crippen LogP contribution in [0.25, 0.3) is 31.8 Å². The first-order valence-corrected chi connectivity index (χ1v) is 10.8. The van der Waals surface area contributed by atoms with Crippen molar-refractivity contribution in [2.24, 2.45) is 5.92 Å². The minimum Gasteiger partial charge on any atom is -0.497 e. The Kier molecular flexibility index (Phi) is 4.89. The van der Waals surface area contributed by atoms with E-state index in [0.29, 0.717) is 12.5 Å². The monoisotopic (exact) mass is 421 g/mol. The van der Waals surface area contributed by atoms with Gasteiger partial charge in [0.1, 0.15) is 10.8 Å². The number of aliphatic hydroxyl groups excluding tert-OH is 1. The number of methoxy groups -OCH3 is 2. The molecule has 2 aromatic heterocycles. The highest BCUT2D eigenvalue weighted by atomic mass is 32.1. The number of fused-ring (bicyclic) bond motifs is 2. The average Bonchev–Trinajstić information content (AvgIpc) is 3.50. The third-order valence-electron chi connectivity index (χ3n) is 5.48. The molecule has 7 heteroatoms. The molecule has 1 aliphatic rings. The van der Waals surface area contributed by atoms with Crippen LogP contribution in [0, 0.1) is 12.8 Å². The second-order valence-electron chi connectivity index (χ2n) is 7.84. The highest BCUT2D eigenvalue weighted by molar-refractivity contribution is 7.21. The highest BCUT2D eigenvalue weighted by Gasteiger charge is 2.33. The third-order valence-corrected chi connectivity index (χ3v) is 6.52. The van der Waals surface area contributed by atoms with Gasteiger partial charge in [0.25, 0.3) is 0 Å². The minimum absolute atomic E-state index is 0.315. The maximum absolute atomic E-state index is 10.8. The standard InChI is InChI=1S/C23H23N3O3S/c1-12-6-17(20-18(7-12)25-14(10-24-20)11-28-2)23-26-21-16(22(27)13-4-5-13)8-15(29-3)9-19(21)30-23/h6-10,13,22,27H,4-5,11H2,1-3H3. The van der Waals surface area contributed by atoms with E-state index in [1.54, 1.807) is 31.8 Å². The first-order chi connectivity index (χ1) is 14.6. The molecule has 0 amide bonds. The highest BCUT2D eigenvalue weighted by Crippen LogP contribution is 2.45. The van der Waals surface area contributed by atoms with Gasteiger partial charge in [-0.2, -0.15) is 0 Å². The Morgan fingerprint density at radius 2 is 1.97 bits per heavy atom. The molecule has 0 saturated heterocycles. The zero-order valence-electron chi connectivity index (χ0n) is 17.2. The van der Waals surface area contributed by atoms with Crippen molar-refractivity contribution in [1.82, 2.24) is 15.0 Å². The lowest BCUT2D eigenvalue weighted by molar-refractivity contribution is 0.155. The number of aliphatic hydroxyl groups is 1. The fourth-order valence-corrected chi connectivity index (χ4v) is 4.88. The molecule has 1 unspecified atom stereocenters. The summed E-state index contributed by atoms with van der Waals surface area (Å²) in [6.07, 6.45) is 3.35. The summed E-state index contributed by atoms with van der Waals surface area (Å²) in [4.78, 5) is 14.3. The molecule has 2 aromatic carbocycles. The molecule has 0 bridgehead atoms. The van der Waals surface area contributed by atoms with Crippen LogP contribution >= 0.6 is 11.3 Å².